The third kappa shape index (κ3) is 2.37. The minimum Gasteiger partial charge on any atom is -0.495 e. The van der Waals surface area contributed by atoms with Crippen LogP contribution >= 0.6 is 11.6 Å². The highest BCUT2D eigenvalue weighted by atomic mass is 35.5. The van der Waals surface area contributed by atoms with Gasteiger partial charge in [0.25, 0.3) is 15.6 Å². The molecule has 0 atom stereocenters. The van der Waals surface area contributed by atoms with E-state index in [1.54, 1.807) is 0 Å². The second-order valence-electron chi connectivity index (χ2n) is 3.86. The molecule has 20 heavy (non-hydrogen) atoms. The molecule has 1 aromatic heterocycles. The Labute approximate surface area is 120 Å². The number of aromatic nitrogens is 1. The van der Waals surface area contributed by atoms with E-state index < -0.39 is 15.6 Å². The maximum atomic E-state index is 12.5. The lowest BCUT2D eigenvalue weighted by Gasteiger charge is -2.11. The fourth-order valence-corrected chi connectivity index (χ4v) is 3.32. The number of anilines is 1. The zero-order valence-electron chi connectivity index (χ0n) is 10.4. The van der Waals surface area contributed by atoms with Crippen molar-refractivity contribution in [1.82, 2.24) is 3.97 Å². The highest BCUT2D eigenvalue weighted by Gasteiger charge is 2.23. The minimum absolute atomic E-state index is 0.0868. The van der Waals surface area contributed by atoms with Gasteiger partial charge < -0.3 is 10.5 Å². The number of hydrogen-bond donors (Lipinski definition) is 1. The Balaban J connectivity index is 2.77. The molecule has 0 aliphatic carbocycles. The van der Waals surface area contributed by atoms with Crippen molar-refractivity contribution in [2.75, 3.05) is 12.8 Å². The van der Waals surface area contributed by atoms with Crippen molar-refractivity contribution < 1.29 is 13.2 Å². The first-order chi connectivity index (χ1) is 9.37. The summed E-state index contributed by atoms with van der Waals surface area (Å²) in [6, 6.07) is 6.80. The largest absolute Gasteiger partial charge is 0.495 e. The van der Waals surface area contributed by atoms with Gasteiger partial charge in [-0.25, -0.2) is 12.4 Å². The van der Waals surface area contributed by atoms with Crippen LogP contribution in [0.3, 0.4) is 0 Å². The van der Waals surface area contributed by atoms with Crippen LogP contribution in [0.25, 0.3) is 0 Å². The normalized spacial score (nSPS) is 11.3. The van der Waals surface area contributed by atoms with Crippen LogP contribution in [0, 0.1) is 0 Å². The molecule has 1 heterocycles. The number of benzene rings is 1. The van der Waals surface area contributed by atoms with Crippen molar-refractivity contribution in [2.24, 2.45) is 0 Å². The summed E-state index contributed by atoms with van der Waals surface area (Å²) in [7, 11) is -2.82. The van der Waals surface area contributed by atoms with E-state index in [2.05, 4.69) is 0 Å². The Hall–Kier alpha value is -1.99. The molecule has 2 rings (SSSR count). The lowest BCUT2D eigenvalue weighted by molar-refractivity contribution is 0.402. The molecular weight excluding hydrogens is 304 g/mol. The van der Waals surface area contributed by atoms with E-state index in [9.17, 15) is 13.2 Å². The SMILES string of the molecule is COc1ccc(Cl)cc1S(=O)(=O)n1cccc(N)c1=O. The molecule has 0 aliphatic rings. The summed E-state index contributed by atoms with van der Waals surface area (Å²) >= 11 is 5.81. The van der Waals surface area contributed by atoms with Gasteiger partial charge in [0.1, 0.15) is 10.6 Å². The third-order valence-electron chi connectivity index (χ3n) is 2.61. The number of pyridine rings is 1. The van der Waals surface area contributed by atoms with Gasteiger partial charge in [0.05, 0.1) is 12.8 Å². The first kappa shape index (κ1) is 14.4. The molecule has 8 heteroatoms. The standard InChI is InChI=1S/C12H11ClN2O4S/c1-19-10-5-4-8(13)7-11(10)20(17,18)15-6-2-3-9(14)12(15)16/h2-7H,14H2,1H3. The Morgan fingerprint density at radius 1 is 1.30 bits per heavy atom. The monoisotopic (exact) mass is 314 g/mol. The van der Waals surface area contributed by atoms with Crippen LogP contribution in [-0.4, -0.2) is 19.5 Å². The van der Waals surface area contributed by atoms with Crippen LogP contribution in [-0.2, 0) is 10.0 Å². The van der Waals surface area contributed by atoms with Gasteiger partial charge in [0, 0.05) is 11.2 Å². The summed E-state index contributed by atoms with van der Waals surface area (Å²) in [5, 5.41) is 0.210. The lowest BCUT2D eigenvalue weighted by Crippen LogP contribution is -2.28. The fraction of sp³-hybridized carbons (Fsp3) is 0.0833. The van der Waals surface area contributed by atoms with Gasteiger partial charge >= 0.3 is 0 Å². The summed E-state index contributed by atoms with van der Waals surface area (Å²) in [4.78, 5) is 11.7. The summed E-state index contributed by atoms with van der Waals surface area (Å²) in [6.07, 6.45) is 1.12. The third-order valence-corrected chi connectivity index (χ3v) is 4.52. The summed E-state index contributed by atoms with van der Waals surface area (Å²) in [5.74, 6) is 0.0868. The Morgan fingerprint density at radius 3 is 2.65 bits per heavy atom. The van der Waals surface area contributed by atoms with E-state index >= 15 is 0 Å². The summed E-state index contributed by atoms with van der Waals surface area (Å²) in [6.45, 7) is 0. The van der Waals surface area contributed by atoms with Crippen LogP contribution in [0.1, 0.15) is 0 Å². The molecule has 0 amide bonds. The van der Waals surface area contributed by atoms with Crippen molar-refractivity contribution in [3.8, 4) is 5.75 Å². The van der Waals surface area contributed by atoms with Crippen molar-refractivity contribution in [3.05, 3.63) is 51.9 Å². The number of nitrogens with zero attached hydrogens (tertiary/aromatic N) is 1. The van der Waals surface area contributed by atoms with Gasteiger partial charge in [0.15, 0.2) is 0 Å². The molecule has 0 aliphatic heterocycles. The van der Waals surface area contributed by atoms with Gasteiger partial charge in [-0.3, -0.25) is 4.79 Å². The maximum absolute atomic E-state index is 12.5. The van der Waals surface area contributed by atoms with E-state index in [0.717, 1.165) is 6.20 Å². The zero-order chi connectivity index (χ0) is 14.9. The number of methoxy groups -OCH3 is 1. The molecule has 1 aromatic carbocycles. The Morgan fingerprint density at radius 2 is 2.00 bits per heavy atom. The molecule has 0 spiro atoms. The molecule has 0 unspecified atom stereocenters. The topological polar surface area (TPSA) is 91.4 Å². The van der Waals surface area contributed by atoms with E-state index in [1.165, 1.54) is 37.4 Å². The molecule has 2 aromatic rings. The number of nitrogens with two attached hydrogens (primary N) is 1. The van der Waals surface area contributed by atoms with Crippen LogP contribution in [0.5, 0.6) is 5.75 Å². The van der Waals surface area contributed by atoms with E-state index in [0.29, 0.717) is 3.97 Å². The maximum Gasteiger partial charge on any atom is 0.287 e. The Kier molecular flexibility index (Phi) is 3.74. The van der Waals surface area contributed by atoms with Gasteiger partial charge in [-0.15, -0.1) is 0 Å². The second-order valence-corrected chi connectivity index (χ2v) is 6.08. The quantitative estimate of drug-likeness (QED) is 0.922. The number of nitrogen functional groups attached to an aromatic ring is 1. The van der Waals surface area contributed by atoms with Gasteiger partial charge in [-0.05, 0) is 30.3 Å². The molecule has 0 saturated carbocycles. The Bertz CT molecular complexity index is 814. The van der Waals surface area contributed by atoms with Crippen LogP contribution in [0.2, 0.25) is 5.02 Å². The number of ether oxygens (including phenoxy) is 1. The fourth-order valence-electron chi connectivity index (χ4n) is 1.64. The highest BCUT2D eigenvalue weighted by molar-refractivity contribution is 7.90. The van der Waals surface area contributed by atoms with Gasteiger partial charge in [0.2, 0.25) is 0 Å². The number of halogens is 1. The van der Waals surface area contributed by atoms with E-state index in [-0.39, 0.29) is 21.4 Å². The zero-order valence-corrected chi connectivity index (χ0v) is 12.0. The average Bonchev–Trinajstić information content (AvgIpc) is 2.41. The van der Waals surface area contributed by atoms with Crippen LogP contribution in [0.15, 0.2) is 46.2 Å². The molecule has 2 N–H and O–H groups in total. The predicted molar refractivity (Wildman–Crippen MR) is 75.7 cm³/mol. The predicted octanol–water partition coefficient (Wildman–Crippen LogP) is 1.33. The number of rotatable bonds is 3. The molecular formula is C12H11ClN2O4S. The second kappa shape index (κ2) is 5.18. The van der Waals surface area contributed by atoms with Gasteiger partial charge in [-0.1, -0.05) is 11.6 Å². The highest BCUT2D eigenvalue weighted by Crippen LogP contribution is 2.28. The van der Waals surface area contributed by atoms with Crippen molar-refractivity contribution >= 4 is 27.3 Å². The molecule has 0 radical (unpaired) electrons. The first-order valence-electron chi connectivity index (χ1n) is 5.44. The summed E-state index contributed by atoms with van der Waals surface area (Å²) < 4.78 is 30.6. The molecule has 0 saturated heterocycles. The molecule has 0 fully saturated rings. The molecule has 0 bridgehead atoms. The summed E-state index contributed by atoms with van der Waals surface area (Å²) in [5.41, 5.74) is 4.45. The molecule has 6 nitrogen and oxygen atoms in total. The van der Waals surface area contributed by atoms with Crippen LogP contribution < -0.4 is 16.0 Å². The number of hydrogen-bond acceptors (Lipinski definition) is 5. The van der Waals surface area contributed by atoms with Crippen molar-refractivity contribution in [3.63, 3.8) is 0 Å². The van der Waals surface area contributed by atoms with Crippen LogP contribution in [0.4, 0.5) is 5.69 Å². The molecule has 106 valence electrons. The van der Waals surface area contributed by atoms with Crippen molar-refractivity contribution in [2.45, 2.75) is 4.90 Å². The van der Waals surface area contributed by atoms with Crippen molar-refractivity contribution in [1.29, 1.82) is 0 Å². The van der Waals surface area contributed by atoms with E-state index in [4.69, 9.17) is 22.1 Å². The first-order valence-corrected chi connectivity index (χ1v) is 7.26. The average molecular weight is 315 g/mol. The van der Waals surface area contributed by atoms with Gasteiger partial charge in [-0.2, -0.15) is 0 Å². The minimum atomic E-state index is -4.14. The lowest BCUT2D eigenvalue weighted by atomic mass is 10.3. The smallest absolute Gasteiger partial charge is 0.287 e. The van der Waals surface area contributed by atoms with E-state index in [1.807, 2.05) is 0 Å².